The van der Waals surface area contributed by atoms with Crippen molar-refractivity contribution in [1.29, 1.82) is 0 Å². The summed E-state index contributed by atoms with van der Waals surface area (Å²) in [6.45, 7) is 2.61. The lowest BCUT2D eigenvalue weighted by atomic mass is 9.88. The Balaban J connectivity index is 3.35. The Morgan fingerprint density at radius 3 is 1.93 bits per heavy atom. The SMILES string of the molecule is CC(O)C1=C(C(C)O)C(=O)C(O)=CC1=O. The average molecular weight is 212 g/mol. The molecule has 5 nitrogen and oxygen atoms in total. The van der Waals surface area contributed by atoms with Crippen molar-refractivity contribution in [3.8, 4) is 0 Å². The molecule has 0 aromatic carbocycles. The van der Waals surface area contributed by atoms with E-state index in [0.29, 0.717) is 0 Å². The van der Waals surface area contributed by atoms with Gasteiger partial charge in [0, 0.05) is 17.2 Å². The van der Waals surface area contributed by atoms with Gasteiger partial charge in [0.05, 0.1) is 12.2 Å². The highest BCUT2D eigenvalue weighted by Crippen LogP contribution is 2.23. The third kappa shape index (κ3) is 1.98. The van der Waals surface area contributed by atoms with Gasteiger partial charge in [-0.2, -0.15) is 0 Å². The second kappa shape index (κ2) is 3.96. The Morgan fingerprint density at radius 1 is 1.07 bits per heavy atom. The van der Waals surface area contributed by atoms with E-state index in [1.165, 1.54) is 13.8 Å². The van der Waals surface area contributed by atoms with E-state index < -0.39 is 29.5 Å². The van der Waals surface area contributed by atoms with E-state index in [9.17, 15) is 19.8 Å². The molecule has 1 rings (SSSR count). The Labute approximate surface area is 86.3 Å². The number of carbonyl (C=O) groups excluding carboxylic acids is 2. The summed E-state index contributed by atoms with van der Waals surface area (Å²) in [6, 6.07) is 0. The second-order valence-corrected chi connectivity index (χ2v) is 3.40. The summed E-state index contributed by atoms with van der Waals surface area (Å²) >= 11 is 0. The van der Waals surface area contributed by atoms with Crippen molar-refractivity contribution in [1.82, 2.24) is 0 Å². The van der Waals surface area contributed by atoms with E-state index in [4.69, 9.17) is 5.11 Å². The van der Waals surface area contributed by atoms with Crippen molar-refractivity contribution in [2.45, 2.75) is 26.1 Å². The van der Waals surface area contributed by atoms with E-state index >= 15 is 0 Å². The number of allylic oxidation sites excluding steroid dienone is 2. The van der Waals surface area contributed by atoms with Gasteiger partial charge in [-0.1, -0.05) is 0 Å². The monoisotopic (exact) mass is 212 g/mol. The number of Topliss-reactive ketones (excluding diaryl/α,β-unsaturated/α-hetero) is 1. The fraction of sp³-hybridized carbons (Fsp3) is 0.400. The van der Waals surface area contributed by atoms with Gasteiger partial charge in [-0.05, 0) is 13.8 Å². The average Bonchev–Trinajstić information content (AvgIpc) is 2.09. The van der Waals surface area contributed by atoms with E-state index in [1.807, 2.05) is 0 Å². The first-order valence-corrected chi connectivity index (χ1v) is 4.46. The summed E-state index contributed by atoms with van der Waals surface area (Å²) in [5.74, 6) is -2.18. The zero-order valence-electron chi connectivity index (χ0n) is 8.39. The van der Waals surface area contributed by atoms with Crippen LogP contribution in [0, 0.1) is 0 Å². The fourth-order valence-electron chi connectivity index (χ4n) is 1.51. The van der Waals surface area contributed by atoms with Crippen molar-refractivity contribution in [2.24, 2.45) is 0 Å². The molecule has 2 atom stereocenters. The van der Waals surface area contributed by atoms with Crippen LogP contribution in [0.4, 0.5) is 0 Å². The van der Waals surface area contributed by atoms with E-state index in [0.717, 1.165) is 6.08 Å². The summed E-state index contributed by atoms with van der Waals surface area (Å²) in [4.78, 5) is 22.8. The van der Waals surface area contributed by atoms with Crippen LogP contribution in [0.15, 0.2) is 23.0 Å². The molecular formula is C10H12O5. The first kappa shape index (κ1) is 11.6. The van der Waals surface area contributed by atoms with Crippen LogP contribution in [0.5, 0.6) is 0 Å². The second-order valence-electron chi connectivity index (χ2n) is 3.40. The number of aliphatic hydroxyl groups is 3. The quantitative estimate of drug-likeness (QED) is 0.543. The van der Waals surface area contributed by atoms with Gasteiger partial charge in [0.2, 0.25) is 5.78 Å². The molecule has 0 bridgehead atoms. The number of rotatable bonds is 2. The summed E-state index contributed by atoms with van der Waals surface area (Å²) in [7, 11) is 0. The molecule has 0 aliphatic heterocycles. The maximum Gasteiger partial charge on any atom is 0.226 e. The molecule has 0 saturated carbocycles. The molecular weight excluding hydrogens is 200 g/mol. The topological polar surface area (TPSA) is 94.8 Å². The van der Waals surface area contributed by atoms with Crippen molar-refractivity contribution in [3.05, 3.63) is 23.0 Å². The zero-order chi connectivity index (χ0) is 11.7. The molecule has 2 unspecified atom stereocenters. The van der Waals surface area contributed by atoms with E-state index in [-0.39, 0.29) is 11.1 Å². The van der Waals surface area contributed by atoms with Crippen LogP contribution in [0.25, 0.3) is 0 Å². The Hall–Kier alpha value is -1.46. The van der Waals surface area contributed by atoms with Crippen LogP contribution in [0.1, 0.15) is 13.8 Å². The molecule has 0 saturated heterocycles. The smallest absolute Gasteiger partial charge is 0.226 e. The largest absolute Gasteiger partial charge is 0.504 e. The molecule has 1 aliphatic carbocycles. The molecule has 3 N–H and O–H groups in total. The lowest BCUT2D eigenvalue weighted by molar-refractivity contribution is -0.119. The zero-order valence-corrected chi connectivity index (χ0v) is 8.39. The van der Waals surface area contributed by atoms with Gasteiger partial charge >= 0.3 is 0 Å². The third-order valence-electron chi connectivity index (χ3n) is 2.14. The number of aliphatic hydroxyl groups excluding tert-OH is 3. The number of hydrogen-bond acceptors (Lipinski definition) is 5. The minimum atomic E-state index is -1.21. The molecule has 0 fully saturated rings. The molecule has 0 spiro atoms. The first-order chi connectivity index (χ1) is 6.86. The molecule has 15 heavy (non-hydrogen) atoms. The van der Waals surface area contributed by atoms with Gasteiger partial charge in [0.15, 0.2) is 11.5 Å². The third-order valence-corrected chi connectivity index (χ3v) is 2.14. The van der Waals surface area contributed by atoms with Crippen LogP contribution in [-0.2, 0) is 9.59 Å². The number of carbonyl (C=O) groups is 2. The molecule has 0 amide bonds. The normalized spacial score (nSPS) is 21.5. The summed E-state index contributed by atoms with van der Waals surface area (Å²) in [6.07, 6.45) is -1.62. The van der Waals surface area contributed by atoms with Crippen LogP contribution >= 0.6 is 0 Å². The van der Waals surface area contributed by atoms with Crippen LogP contribution < -0.4 is 0 Å². The maximum absolute atomic E-state index is 11.4. The van der Waals surface area contributed by atoms with Crippen LogP contribution in [0.3, 0.4) is 0 Å². The summed E-state index contributed by atoms with van der Waals surface area (Å²) in [5, 5.41) is 27.8. The minimum absolute atomic E-state index is 0.159. The lowest BCUT2D eigenvalue weighted by Crippen LogP contribution is -2.30. The van der Waals surface area contributed by atoms with E-state index in [1.54, 1.807) is 0 Å². The predicted octanol–water partition coefficient (Wildman–Crippen LogP) is -0.362. The molecule has 0 aromatic heterocycles. The highest BCUT2D eigenvalue weighted by molar-refractivity contribution is 6.22. The number of ketones is 2. The molecule has 0 heterocycles. The lowest BCUT2D eigenvalue weighted by Gasteiger charge is -2.20. The van der Waals surface area contributed by atoms with Gasteiger partial charge in [0.25, 0.3) is 0 Å². The number of hydrogen-bond donors (Lipinski definition) is 3. The first-order valence-electron chi connectivity index (χ1n) is 4.46. The van der Waals surface area contributed by atoms with Gasteiger partial charge in [-0.15, -0.1) is 0 Å². The summed E-state index contributed by atoms with van der Waals surface area (Å²) < 4.78 is 0. The Kier molecular flexibility index (Phi) is 3.06. The van der Waals surface area contributed by atoms with Crippen LogP contribution in [0.2, 0.25) is 0 Å². The maximum atomic E-state index is 11.4. The Morgan fingerprint density at radius 2 is 1.53 bits per heavy atom. The Bertz CT molecular complexity index is 373. The highest BCUT2D eigenvalue weighted by Gasteiger charge is 2.32. The molecule has 1 aliphatic rings. The van der Waals surface area contributed by atoms with Gasteiger partial charge in [-0.25, -0.2) is 0 Å². The minimum Gasteiger partial charge on any atom is -0.504 e. The summed E-state index contributed by atoms with van der Waals surface area (Å²) in [5.41, 5.74) is -0.400. The van der Waals surface area contributed by atoms with Crippen molar-refractivity contribution in [3.63, 3.8) is 0 Å². The van der Waals surface area contributed by atoms with Gasteiger partial charge in [0.1, 0.15) is 0 Å². The fourth-order valence-corrected chi connectivity index (χ4v) is 1.51. The molecule has 0 aromatic rings. The standard InChI is InChI=1S/C10H12O5/c1-4(11)8-6(13)3-7(14)10(15)9(8)5(2)12/h3-5,11-12,14H,1-2H3. The van der Waals surface area contributed by atoms with E-state index in [2.05, 4.69) is 0 Å². The molecule has 5 heteroatoms. The van der Waals surface area contributed by atoms with Crippen LogP contribution in [-0.4, -0.2) is 39.1 Å². The van der Waals surface area contributed by atoms with Crippen molar-refractivity contribution >= 4 is 11.6 Å². The highest BCUT2D eigenvalue weighted by atomic mass is 16.3. The molecule has 0 radical (unpaired) electrons. The van der Waals surface area contributed by atoms with Crippen molar-refractivity contribution < 1.29 is 24.9 Å². The van der Waals surface area contributed by atoms with Crippen molar-refractivity contribution in [2.75, 3.05) is 0 Å². The molecule has 82 valence electrons. The van der Waals surface area contributed by atoms with Gasteiger partial charge < -0.3 is 15.3 Å². The van der Waals surface area contributed by atoms with Gasteiger partial charge in [-0.3, -0.25) is 9.59 Å². The predicted molar refractivity (Wildman–Crippen MR) is 51.1 cm³/mol.